The molecule has 0 bridgehead atoms. The van der Waals surface area contributed by atoms with E-state index in [9.17, 15) is 4.79 Å². The molecule has 0 aliphatic heterocycles. The Morgan fingerprint density at radius 1 is 1.58 bits per heavy atom. The second kappa shape index (κ2) is 7.81. The molecule has 104 valence electrons. The summed E-state index contributed by atoms with van der Waals surface area (Å²) in [5.74, 6) is 2.97. The van der Waals surface area contributed by atoms with Crippen molar-refractivity contribution in [2.75, 3.05) is 26.4 Å². The van der Waals surface area contributed by atoms with Crippen molar-refractivity contribution in [3.8, 4) is 12.3 Å². The van der Waals surface area contributed by atoms with E-state index in [0.29, 0.717) is 11.1 Å². The molecular formula is C12H18N4O2S. The molecule has 19 heavy (non-hydrogen) atoms. The van der Waals surface area contributed by atoms with Crippen LogP contribution in [0.5, 0.6) is 0 Å². The van der Waals surface area contributed by atoms with Crippen LogP contribution in [0.4, 0.5) is 0 Å². The summed E-state index contributed by atoms with van der Waals surface area (Å²) in [6.07, 6.45) is 5.92. The molecule has 0 spiro atoms. The average molecular weight is 282 g/mol. The number of hydrogen-bond acceptors (Lipinski definition) is 6. The number of carbonyl (C=O) groups is 1. The van der Waals surface area contributed by atoms with Gasteiger partial charge in [0.05, 0.1) is 18.3 Å². The Kier molecular flexibility index (Phi) is 6.39. The summed E-state index contributed by atoms with van der Waals surface area (Å²) in [5.41, 5.74) is 0. The molecule has 0 saturated carbocycles. The molecule has 1 atom stereocenters. The molecule has 0 saturated heterocycles. The first-order valence-corrected chi connectivity index (χ1v) is 6.89. The van der Waals surface area contributed by atoms with E-state index in [0.717, 1.165) is 6.42 Å². The van der Waals surface area contributed by atoms with E-state index in [1.807, 2.05) is 19.0 Å². The van der Waals surface area contributed by atoms with Crippen LogP contribution in [0.3, 0.4) is 0 Å². The quantitative estimate of drug-likeness (QED) is 0.592. The topological polar surface area (TPSA) is 71.3 Å². The monoisotopic (exact) mass is 282 g/mol. The highest BCUT2D eigenvalue weighted by Crippen LogP contribution is 2.23. The number of nitrogens with one attached hydrogen (secondary N) is 1. The number of thioether (sulfide) groups is 1. The highest BCUT2D eigenvalue weighted by atomic mass is 32.2. The zero-order valence-corrected chi connectivity index (χ0v) is 12.2. The fourth-order valence-corrected chi connectivity index (χ4v) is 2.10. The first kappa shape index (κ1) is 15.5. The first-order chi connectivity index (χ1) is 9.08. The predicted molar refractivity (Wildman–Crippen MR) is 73.6 cm³/mol. The van der Waals surface area contributed by atoms with Gasteiger partial charge in [0.25, 0.3) is 5.22 Å². The van der Waals surface area contributed by atoms with Gasteiger partial charge < -0.3 is 9.73 Å². The fraction of sp³-hybridized carbons (Fsp3) is 0.583. The van der Waals surface area contributed by atoms with Gasteiger partial charge in [0, 0.05) is 0 Å². The minimum atomic E-state index is -0.151. The van der Waals surface area contributed by atoms with Crippen molar-refractivity contribution in [3.63, 3.8) is 0 Å². The molecule has 0 aromatic carbocycles. The number of aromatic nitrogens is 2. The van der Waals surface area contributed by atoms with Crippen LogP contribution < -0.4 is 5.32 Å². The summed E-state index contributed by atoms with van der Waals surface area (Å²) >= 11 is 1.20. The van der Waals surface area contributed by atoms with Gasteiger partial charge in [-0.05, 0) is 20.5 Å². The van der Waals surface area contributed by atoms with Crippen molar-refractivity contribution >= 4 is 17.7 Å². The van der Waals surface area contributed by atoms with E-state index in [4.69, 9.17) is 10.8 Å². The van der Waals surface area contributed by atoms with E-state index in [1.165, 1.54) is 11.8 Å². The van der Waals surface area contributed by atoms with Gasteiger partial charge in [-0.3, -0.25) is 9.69 Å². The molecule has 1 amide bonds. The molecule has 1 heterocycles. The van der Waals surface area contributed by atoms with Crippen LogP contribution in [0.1, 0.15) is 25.3 Å². The number of terminal acetylenes is 1. The van der Waals surface area contributed by atoms with Crippen LogP contribution in [0.2, 0.25) is 0 Å². The molecule has 6 nitrogen and oxygen atoms in total. The summed E-state index contributed by atoms with van der Waals surface area (Å²) in [7, 11) is 3.91. The maximum atomic E-state index is 11.4. The largest absolute Gasteiger partial charge is 0.414 e. The summed E-state index contributed by atoms with van der Waals surface area (Å²) in [5, 5.41) is 10.9. The molecule has 1 N–H and O–H groups in total. The molecule has 7 heteroatoms. The van der Waals surface area contributed by atoms with Gasteiger partial charge in [0.2, 0.25) is 11.8 Å². The Morgan fingerprint density at radius 3 is 2.89 bits per heavy atom. The molecule has 1 aromatic rings. The van der Waals surface area contributed by atoms with Crippen LogP contribution >= 0.6 is 11.8 Å². The number of amides is 1. The van der Waals surface area contributed by atoms with Crippen LogP contribution in [0.15, 0.2) is 9.64 Å². The maximum absolute atomic E-state index is 11.4. The Balaban J connectivity index is 2.51. The maximum Gasteiger partial charge on any atom is 0.277 e. The number of rotatable bonds is 7. The lowest BCUT2D eigenvalue weighted by Crippen LogP contribution is -2.25. The van der Waals surface area contributed by atoms with Crippen molar-refractivity contribution < 1.29 is 9.21 Å². The van der Waals surface area contributed by atoms with Gasteiger partial charge in [-0.25, -0.2) is 0 Å². The van der Waals surface area contributed by atoms with Gasteiger partial charge in [-0.2, -0.15) is 0 Å². The van der Waals surface area contributed by atoms with Crippen LogP contribution in [0.25, 0.3) is 0 Å². The predicted octanol–water partition coefficient (Wildman–Crippen LogP) is 0.924. The van der Waals surface area contributed by atoms with Gasteiger partial charge >= 0.3 is 0 Å². The van der Waals surface area contributed by atoms with E-state index >= 15 is 0 Å². The van der Waals surface area contributed by atoms with Crippen LogP contribution in [-0.2, 0) is 4.79 Å². The van der Waals surface area contributed by atoms with Gasteiger partial charge in [0.15, 0.2) is 0 Å². The summed E-state index contributed by atoms with van der Waals surface area (Å²) in [6.45, 7) is 2.28. The zero-order valence-electron chi connectivity index (χ0n) is 11.3. The molecule has 1 aromatic heterocycles. The normalized spacial score (nSPS) is 12.2. The summed E-state index contributed by atoms with van der Waals surface area (Å²) in [6, 6.07) is 0.0946. The Hall–Kier alpha value is -1.52. The number of nitrogens with zero attached hydrogens (tertiary/aromatic N) is 3. The lowest BCUT2D eigenvalue weighted by atomic mass is 10.2. The molecule has 0 aliphatic rings. The zero-order chi connectivity index (χ0) is 14.3. The van der Waals surface area contributed by atoms with E-state index in [2.05, 4.69) is 28.4 Å². The van der Waals surface area contributed by atoms with Crippen molar-refractivity contribution in [1.29, 1.82) is 0 Å². The van der Waals surface area contributed by atoms with Crippen LogP contribution in [0, 0.1) is 12.3 Å². The molecule has 0 radical (unpaired) electrons. The average Bonchev–Trinajstić information content (AvgIpc) is 2.83. The first-order valence-electron chi connectivity index (χ1n) is 5.91. The molecule has 0 unspecified atom stereocenters. The SMILES string of the molecule is C#CCNC(=O)CSc1nnc([C@H](CC)N(C)C)o1. The van der Waals surface area contributed by atoms with Crippen LogP contribution in [-0.4, -0.2) is 47.4 Å². The Labute approximate surface area is 117 Å². The standard InChI is InChI=1S/C12H18N4O2S/c1-5-7-13-10(17)8-19-12-15-14-11(18-12)9(6-2)16(3)4/h1,9H,6-8H2,2-4H3,(H,13,17)/t9-/m0/s1. The fourth-order valence-electron chi connectivity index (χ4n) is 1.50. The third kappa shape index (κ3) is 4.93. The smallest absolute Gasteiger partial charge is 0.277 e. The minimum absolute atomic E-state index is 0.0946. The third-order valence-electron chi connectivity index (χ3n) is 2.43. The Bertz CT molecular complexity index is 453. The molecule has 0 aliphatic carbocycles. The summed E-state index contributed by atoms with van der Waals surface area (Å²) in [4.78, 5) is 13.4. The summed E-state index contributed by atoms with van der Waals surface area (Å²) < 4.78 is 5.53. The number of carbonyl (C=O) groups excluding carboxylic acids is 1. The molecule has 1 rings (SSSR count). The highest BCUT2D eigenvalue weighted by Gasteiger charge is 2.19. The van der Waals surface area contributed by atoms with E-state index in [-0.39, 0.29) is 24.2 Å². The second-order valence-electron chi connectivity index (χ2n) is 4.06. The van der Waals surface area contributed by atoms with E-state index in [1.54, 1.807) is 0 Å². The van der Waals surface area contributed by atoms with Gasteiger partial charge in [-0.1, -0.05) is 24.6 Å². The minimum Gasteiger partial charge on any atom is -0.414 e. The van der Waals surface area contributed by atoms with Gasteiger partial charge in [0.1, 0.15) is 0 Å². The van der Waals surface area contributed by atoms with Crippen molar-refractivity contribution in [1.82, 2.24) is 20.4 Å². The van der Waals surface area contributed by atoms with Gasteiger partial charge in [-0.15, -0.1) is 16.6 Å². The van der Waals surface area contributed by atoms with Crippen molar-refractivity contribution in [2.45, 2.75) is 24.6 Å². The number of hydrogen-bond donors (Lipinski definition) is 1. The van der Waals surface area contributed by atoms with E-state index < -0.39 is 0 Å². The Morgan fingerprint density at radius 2 is 2.32 bits per heavy atom. The molecule has 0 fully saturated rings. The third-order valence-corrected chi connectivity index (χ3v) is 3.25. The molecular weight excluding hydrogens is 264 g/mol. The highest BCUT2D eigenvalue weighted by molar-refractivity contribution is 7.99. The van der Waals surface area contributed by atoms with Crippen molar-refractivity contribution in [3.05, 3.63) is 5.89 Å². The lowest BCUT2D eigenvalue weighted by Gasteiger charge is -2.18. The lowest BCUT2D eigenvalue weighted by molar-refractivity contribution is -0.118. The van der Waals surface area contributed by atoms with Crippen molar-refractivity contribution in [2.24, 2.45) is 0 Å². The second-order valence-corrected chi connectivity index (χ2v) is 4.99.